The molecule has 27 heavy (non-hydrogen) atoms. The van der Waals surface area contributed by atoms with Gasteiger partial charge in [0.05, 0.1) is 19.1 Å². The lowest BCUT2D eigenvalue weighted by Gasteiger charge is -2.23. The van der Waals surface area contributed by atoms with Crippen molar-refractivity contribution in [3.8, 4) is 0 Å². The molecule has 0 fully saturated rings. The molecule has 12 nitrogen and oxygen atoms in total. The fourth-order valence-corrected chi connectivity index (χ4v) is 2.04. The number of hydrogen-bond donors (Lipinski definition) is 7. The number of carbonyl (C=O) groups is 5. The van der Waals surface area contributed by atoms with Gasteiger partial charge in [0.1, 0.15) is 18.6 Å². The smallest absolute Gasteiger partial charge is 0.322 e. The highest BCUT2D eigenvalue weighted by molar-refractivity contribution is 5.94. The molecule has 12 heteroatoms. The summed E-state index contributed by atoms with van der Waals surface area (Å²) in [6, 6.07) is -3.78. The third kappa shape index (κ3) is 10.1. The molecule has 0 spiro atoms. The standard InChI is InChI=1S/C15H27N5O7/c1-7(2)3-9(14(26)18-5-12(23)24)19-15(27)10(6-21)20-13(25)8(16)4-11(17)22/h7-10,21H,3-6,16H2,1-2H3,(H2,17,22)(H,18,26)(H,19,27)(H,20,25)(H,23,24)/t8-,9-,10-/m0/s1. The zero-order valence-corrected chi connectivity index (χ0v) is 15.2. The van der Waals surface area contributed by atoms with E-state index >= 15 is 0 Å². The van der Waals surface area contributed by atoms with Crippen LogP contribution in [-0.2, 0) is 24.0 Å². The Labute approximate surface area is 156 Å². The Morgan fingerprint density at radius 1 is 0.963 bits per heavy atom. The van der Waals surface area contributed by atoms with Crippen LogP contribution in [0.3, 0.4) is 0 Å². The fourth-order valence-electron chi connectivity index (χ4n) is 2.04. The maximum Gasteiger partial charge on any atom is 0.322 e. The molecule has 154 valence electrons. The fraction of sp³-hybridized carbons (Fsp3) is 0.667. The number of nitrogens with two attached hydrogens (primary N) is 2. The molecule has 0 radical (unpaired) electrons. The Morgan fingerprint density at radius 2 is 1.52 bits per heavy atom. The van der Waals surface area contributed by atoms with Gasteiger partial charge in [-0.3, -0.25) is 24.0 Å². The van der Waals surface area contributed by atoms with E-state index in [4.69, 9.17) is 16.6 Å². The SMILES string of the molecule is CC(C)C[C@H](NC(=O)[C@H](CO)NC(=O)[C@@H](N)CC(N)=O)C(=O)NCC(=O)O. The highest BCUT2D eigenvalue weighted by atomic mass is 16.4. The van der Waals surface area contributed by atoms with Gasteiger partial charge in [-0.25, -0.2) is 0 Å². The van der Waals surface area contributed by atoms with E-state index in [0.29, 0.717) is 0 Å². The monoisotopic (exact) mass is 389 g/mol. The summed E-state index contributed by atoms with van der Waals surface area (Å²) in [7, 11) is 0. The summed E-state index contributed by atoms with van der Waals surface area (Å²) in [6.45, 7) is 2.17. The van der Waals surface area contributed by atoms with Gasteiger partial charge in [-0.2, -0.15) is 0 Å². The van der Waals surface area contributed by atoms with Crippen LogP contribution in [0.15, 0.2) is 0 Å². The quantitative estimate of drug-likeness (QED) is 0.176. The van der Waals surface area contributed by atoms with Crippen molar-refractivity contribution in [1.29, 1.82) is 0 Å². The van der Waals surface area contributed by atoms with Crippen LogP contribution in [0, 0.1) is 5.92 Å². The normalized spacial score (nSPS) is 14.0. The average molecular weight is 389 g/mol. The summed E-state index contributed by atoms with van der Waals surface area (Å²) in [5.74, 6) is -4.53. The lowest BCUT2D eigenvalue weighted by Crippen LogP contribution is -2.57. The molecule has 0 aliphatic rings. The summed E-state index contributed by atoms with van der Waals surface area (Å²) < 4.78 is 0. The van der Waals surface area contributed by atoms with Crippen LogP contribution >= 0.6 is 0 Å². The van der Waals surface area contributed by atoms with Gasteiger partial charge in [0, 0.05) is 0 Å². The molecule has 0 bridgehead atoms. The molecule has 0 aromatic heterocycles. The van der Waals surface area contributed by atoms with E-state index in [0.717, 1.165) is 0 Å². The highest BCUT2D eigenvalue weighted by Gasteiger charge is 2.28. The van der Waals surface area contributed by atoms with Gasteiger partial charge in [0.2, 0.25) is 23.6 Å². The minimum Gasteiger partial charge on any atom is -0.480 e. The summed E-state index contributed by atoms with van der Waals surface area (Å²) in [5, 5.41) is 24.6. The number of nitrogens with one attached hydrogen (secondary N) is 3. The van der Waals surface area contributed by atoms with Gasteiger partial charge >= 0.3 is 5.97 Å². The molecule has 0 aliphatic carbocycles. The van der Waals surface area contributed by atoms with Crippen LogP contribution < -0.4 is 27.4 Å². The molecule has 0 unspecified atom stereocenters. The Morgan fingerprint density at radius 3 is 1.96 bits per heavy atom. The summed E-state index contributed by atoms with van der Waals surface area (Å²) in [4.78, 5) is 57.5. The topological polar surface area (TPSA) is 214 Å². The van der Waals surface area contributed by atoms with Crippen LogP contribution in [0.25, 0.3) is 0 Å². The molecule has 0 heterocycles. The van der Waals surface area contributed by atoms with E-state index in [-0.39, 0.29) is 12.3 Å². The number of aliphatic carboxylic acids is 1. The van der Waals surface area contributed by atoms with Crippen molar-refractivity contribution in [3.63, 3.8) is 0 Å². The van der Waals surface area contributed by atoms with Crippen LogP contribution in [0.4, 0.5) is 0 Å². The van der Waals surface area contributed by atoms with Crippen LogP contribution in [0.5, 0.6) is 0 Å². The van der Waals surface area contributed by atoms with Crippen LogP contribution in [0.2, 0.25) is 0 Å². The van der Waals surface area contributed by atoms with Gasteiger partial charge in [0.25, 0.3) is 0 Å². The number of carboxylic acid groups (broad SMARTS) is 1. The molecule has 0 aromatic carbocycles. The molecule has 3 atom stereocenters. The van der Waals surface area contributed by atoms with Gasteiger partial charge in [-0.1, -0.05) is 13.8 Å². The number of primary amides is 1. The molecule has 4 amide bonds. The lowest BCUT2D eigenvalue weighted by atomic mass is 10.0. The van der Waals surface area contributed by atoms with E-state index in [1.54, 1.807) is 13.8 Å². The number of rotatable bonds is 12. The average Bonchev–Trinajstić information content (AvgIpc) is 2.55. The van der Waals surface area contributed by atoms with E-state index in [9.17, 15) is 29.1 Å². The van der Waals surface area contributed by atoms with Crippen molar-refractivity contribution < 1.29 is 34.2 Å². The molecule has 0 aliphatic heterocycles. The van der Waals surface area contributed by atoms with Crippen LogP contribution in [0.1, 0.15) is 26.7 Å². The summed E-state index contributed by atoms with van der Waals surface area (Å²) in [5.41, 5.74) is 10.4. The molecular formula is C15H27N5O7. The zero-order valence-electron chi connectivity index (χ0n) is 15.2. The Bertz CT molecular complexity index is 567. The second-order valence-corrected chi connectivity index (χ2v) is 6.32. The predicted octanol–water partition coefficient (Wildman–Crippen LogP) is -3.60. The first-order valence-electron chi connectivity index (χ1n) is 8.22. The van der Waals surface area contributed by atoms with Gasteiger partial charge in [-0.05, 0) is 12.3 Å². The third-order valence-corrected chi connectivity index (χ3v) is 3.33. The van der Waals surface area contributed by atoms with Crippen molar-refractivity contribution in [2.45, 2.75) is 44.8 Å². The minimum absolute atomic E-state index is 0.0166. The molecule has 9 N–H and O–H groups in total. The largest absolute Gasteiger partial charge is 0.480 e. The number of amides is 4. The molecular weight excluding hydrogens is 362 g/mol. The maximum absolute atomic E-state index is 12.3. The first kappa shape index (κ1) is 24.3. The zero-order chi connectivity index (χ0) is 21.1. The predicted molar refractivity (Wildman–Crippen MR) is 92.8 cm³/mol. The molecule has 0 saturated heterocycles. The first-order valence-corrected chi connectivity index (χ1v) is 8.22. The third-order valence-electron chi connectivity index (χ3n) is 3.33. The van der Waals surface area contributed by atoms with Gasteiger partial charge in [0.15, 0.2) is 0 Å². The van der Waals surface area contributed by atoms with Crippen LogP contribution in [-0.4, -0.2) is 71.1 Å². The van der Waals surface area contributed by atoms with Crippen molar-refractivity contribution in [3.05, 3.63) is 0 Å². The van der Waals surface area contributed by atoms with E-state index in [1.807, 2.05) is 0 Å². The number of aliphatic hydroxyl groups excluding tert-OH is 1. The van der Waals surface area contributed by atoms with E-state index < -0.39 is 67.3 Å². The minimum atomic E-state index is -1.42. The highest BCUT2D eigenvalue weighted by Crippen LogP contribution is 2.05. The summed E-state index contributed by atoms with van der Waals surface area (Å²) >= 11 is 0. The van der Waals surface area contributed by atoms with Crippen molar-refractivity contribution in [1.82, 2.24) is 16.0 Å². The van der Waals surface area contributed by atoms with Crippen molar-refractivity contribution >= 4 is 29.6 Å². The lowest BCUT2D eigenvalue weighted by molar-refractivity contribution is -0.138. The first-order chi connectivity index (χ1) is 12.5. The Hall–Kier alpha value is -2.73. The molecule has 0 rings (SSSR count). The molecule has 0 saturated carbocycles. The Kier molecular flexibility index (Phi) is 10.6. The van der Waals surface area contributed by atoms with Gasteiger partial charge in [-0.15, -0.1) is 0 Å². The Balaban J connectivity index is 4.98. The number of carbonyl (C=O) groups excluding carboxylic acids is 4. The number of hydrogen-bond acceptors (Lipinski definition) is 7. The number of aliphatic hydroxyl groups is 1. The maximum atomic E-state index is 12.3. The summed E-state index contributed by atoms with van der Waals surface area (Å²) in [6.07, 6.45) is -0.246. The molecule has 0 aromatic rings. The second kappa shape index (κ2) is 11.8. The van der Waals surface area contributed by atoms with Crippen molar-refractivity contribution in [2.24, 2.45) is 17.4 Å². The van der Waals surface area contributed by atoms with E-state index in [2.05, 4.69) is 16.0 Å². The van der Waals surface area contributed by atoms with Crippen molar-refractivity contribution in [2.75, 3.05) is 13.2 Å². The van der Waals surface area contributed by atoms with E-state index in [1.165, 1.54) is 0 Å². The second-order valence-electron chi connectivity index (χ2n) is 6.32. The number of carboxylic acids is 1. The van der Waals surface area contributed by atoms with Gasteiger partial charge < -0.3 is 37.6 Å².